The summed E-state index contributed by atoms with van der Waals surface area (Å²) < 4.78 is 0. The number of nitrogens with zero attached hydrogens (tertiary/aromatic N) is 3. The Morgan fingerprint density at radius 3 is 2.65 bits per heavy atom. The van der Waals surface area contributed by atoms with Crippen molar-refractivity contribution in [2.75, 3.05) is 23.5 Å². The third-order valence-electron chi connectivity index (χ3n) is 3.88. The summed E-state index contributed by atoms with van der Waals surface area (Å²) >= 11 is 1.96. The number of aromatic nitrogens is 2. The summed E-state index contributed by atoms with van der Waals surface area (Å²) in [5.74, 6) is 3.15. The fourth-order valence-corrected chi connectivity index (χ4v) is 3.96. The van der Waals surface area contributed by atoms with Crippen LogP contribution in [0.3, 0.4) is 0 Å². The number of nitrogens with one attached hydrogen (secondary N) is 1. The van der Waals surface area contributed by atoms with Crippen molar-refractivity contribution in [2.45, 2.75) is 39.2 Å². The zero-order chi connectivity index (χ0) is 14.7. The Hall–Kier alpha value is -1.30. The molecule has 1 aliphatic heterocycles. The van der Waals surface area contributed by atoms with E-state index >= 15 is 0 Å². The van der Waals surface area contributed by atoms with E-state index in [-0.39, 0.29) is 5.84 Å². The molecule has 6 heteroatoms. The van der Waals surface area contributed by atoms with E-state index in [0.29, 0.717) is 6.04 Å². The van der Waals surface area contributed by atoms with Gasteiger partial charge in [-0.25, -0.2) is 0 Å². The average Bonchev–Trinajstić information content (AvgIpc) is 2.98. The molecular weight excluding hydrogens is 270 g/mol. The topological polar surface area (TPSA) is 78.9 Å². The summed E-state index contributed by atoms with van der Waals surface area (Å²) in [6, 6.07) is 0.463. The van der Waals surface area contributed by atoms with E-state index in [0.717, 1.165) is 47.7 Å². The van der Waals surface area contributed by atoms with Gasteiger partial charge in [-0.05, 0) is 30.6 Å². The van der Waals surface area contributed by atoms with Gasteiger partial charge in [-0.2, -0.15) is 16.9 Å². The van der Waals surface area contributed by atoms with Gasteiger partial charge in [-0.1, -0.05) is 13.8 Å². The molecule has 0 radical (unpaired) electrons. The first-order chi connectivity index (χ1) is 9.60. The number of thioether (sulfide) groups is 1. The lowest BCUT2D eigenvalue weighted by molar-refractivity contribution is 0.681. The average molecular weight is 293 g/mol. The van der Waals surface area contributed by atoms with Crippen LogP contribution in [0.4, 0.5) is 5.82 Å². The maximum atomic E-state index is 7.93. The number of rotatable bonds is 5. The highest BCUT2D eigenvalue weighted by atomic mass is 32.2. The third kappa shape index (κ3) is 2.75. The van der Waals surface area contributed by atoms with Crippen LogP contribution in [0.1, 0.15) is 37.1 Å². The van der Waals surface area contributed by atoms with E-state index in [4.69, 9.17) is 11.1 Å². The fourth-order valence-electron chi connectivity index (χ4n) is 2.69. The number of aryl methyl sites for hydroxylation is 1. The van der Waals surface area contributed by atoms with Crippen molar-refractivity contribution in [3.8, 4) is 0 Å². The number of anilines is 1. The van der Waals surface area contributed by atoms with Crippen LogP contribution in [0.2, 0.25) is 0 Å². The van der Waals surface area contributed by atoms with Gasteiger partial charge in [0, 0.05) is 18.8 Å². The molecule has 0 amide bonds. The molecule has 1 aliphatic rings. The smallest absolute Gasteiger partial charge is 0.162 e. The first kappa shape index (κ1) is 15.1. The van der Waals surface area contributed by atoms with E-state index in [1.807, 2.05) is 18.8 Å². The maximum absolute atomic E-state index is 7.93. The molecule has 1 saturated heterocycles. The van der Waals surface area contributed by atoms with Gasteiger partial charge in [-0.15, -0.1) is 5.10 Å². The summed E-state index contributed by atoms with van der Waals surface area (Å²) in [6.07, 6.45) is 2.80. The van der Waals surface area contributed by atoms with Crippen molar-refractivity contribution >= 4 is 23.4 Å². The molecule has 1 unspecified atom stereocenters. The third-order valence-corrected chi connectivity index (χ3v) is 5.03. The van der Waals surface area contributed by atoms with Gasteiger partial charge >= 0.3 is 0 Å². The molecule has 0 spiro atoms. The summed E-state index contributed by atoms with van der Waals surface area (Å²) in [4.78, 5) is 2.16. The van der Waals surface area contributed by atoms with E-state index in [2.05, 4.69) is 28.9 Å². The number of hydrogen-bond donors (Lipinski definition) is 2. The molecule has 0 aromatic carbocycles. The molecule has 1 fully saturated rings. The van der Waals surface area contributed by atoms with Crippen LogP contribution in [0, 0.1) is 5.41 Å². The molecule has 0 bridgehead atoms. The van der Waals surface area contributed by atoms with Crippen molar-refractivity contribution in [1.82, 2.24) is 10.2 Å². The molecule has 1 atom stereocenters. The van der Waals surface area contributed by atoms with Crippen molar-refractivity contribution in [3.05, 3.63) is 16.8 Å². The molecule has 1 aromatic rings. The second-order valence-corrected chi connectivity index (χ2v) is 6.22. The number of hydrogen-bond acceptors (Lipinski definition) is 5. The first-order valence-corrected chi connectivity index (χ1v) is 8.28. The van der Waals surface area contributed by atoms with Crippen LogP contribution in [0.15, 0.2) is 0 Å². The predicted octanol–water partition coefficient (Wildman–Crippen LogP) is 1.83. The minimum atomic E-state index is 0.0963. The zero-order valence-electron chi connectivity index (χ0n) is 12.4. The van der Waals surface area contributed by atoms with Gasteiger partial charge in [-0.3, -0.25) is 5.41 Å². The SMILES string of the molecule is CCc1nnc(N(C)C2CCSC2)c(C(=N)N)c1CC. The molecule has 0 aliphatic carbocycles. The molecular formula is C14H23N5S. The minimum Gasteiger partial charge on any atom is -0.384 e. The zero-order valence-corrected chi connectivity index (χ0v) is 13.3. The van der Waals surface area contributed by atoms with Crippen LogP contribution >= 0.6 is 11.8 Å². The standard InChI is InChI=1S/C14H23N5S/c1-4-10-11(5-2)17-18-14(12(10)13(15)16)19(3)9-6-7-20-8-9/h9H,4-8H2,1-3H3,(H3,15,16). The van der Waals surface area contributed by atoms with Crippen molar-refractivity contribution in [3.63, 3.8) is 0 Å². The van der Waals surface area contributed by atoms with E-state index < -0.39 is 0 Å². The van der Waals surface area contributed by atoms with Crippen molar-refractivity contribution in [2.24, 2.45) is 5.73 Å². The Kier molecular flexibility index (Phi) is 4.86. The van der Waals surface area contributed by atoms with Gasteiger partial charge in [0.25, 0.3) is 0 Å². The molecule has 3 N–H and O–H groups in total. The van der Waals surface area contributed by atoms with E-state index in [1.54, 1.807) is 0 Å². The Bertz CT molecular complexity index is 497. The first-order valence-electron chi connectivity index (χ1n) is 7.13. The second kappa shape index (κ2) is 6.43. The molecule has 2 heterocycles. The van der Waals surface area contributed by atoms with Crippen molar-refractivity contribution < 1.29 is 0 Å². The monoisotopic (exact) mass is 293 g/mol. The van der Waals surface area contributed by atoms with Crippen LogP contribution in [-0.4, -0.2) is 40.6 Å². The Morgan fingerprint density at radius 1 is 1.40 bits per heavy atom. The van der Waals surface area contributed by atoms with E-state index in [1.165, 1.54) is 5.75 Å². The Balaban J connectivity index is 2.48. The maximum Gasteiger partial charge on any atom is 0.162 e. The second-order valence-electron chi connectivity index (χ2n) is 5.07. The fraction of sp³-hybridized carbons (Fsp3) is 0.643. The Labute approximate surface area is 124 Å². The number of nitrogen functional groups attached to an aromatic ring is 1. The van der Waals surface area contributed by atoms with Crippen LogP contribution in [0.5, 0.6) is 0 Å². The highest BCUT2D eigenvalue weighted by Gasteiger charge is 2.26. The summed E-state index contributed by atoms with van der Waals surface area (Å²) in [5, 5.41) is 16.7. The molecule has 20 heavy (non-hydrogen) atoms. The van der Waals surface area contributed by atoms with Gasteiger partial charge in [0.05, 0.1) is 11.3 Å². The largest absolute Gasteiger partial charge is 0.384 e. The van der Waals surface area contributed by atoms with Gasteiger partial charge in [0.2, 0.25) is 0 Å². The lowest BCUT2D eigenvalue weighted by Gasteiger charge is -2.27. The number of nitrogens with two attached hydrogens (primary N) is 1. The van der Waals surface area contributed by atoms with Crippen LogP contribution in [-0.2, 0) is 12.8 Å². The molecule has 5 nitrogen and oxygen atoms in total. The highest BCUT2D eigenvalue weighted by Crippen LogP contribution is 2.29. The van der Waals surface area contributed by atoms with Gasteiger partial charge in [0.15, 0.2) is 5.82 Å². The lowest BCUT2D eigenvalue weighted by atomic mass is 10.0. The molecule has 1 aromatic heterocycles. The summed E-state index contributed by atoms with van der Waals surface area (Å²) in [7, 11) is 2.04. The summed E-state index contributed by atoms with van der Waals surface area (Å²) in [5.41, 5.74) is 8.64. The van der Waals surface area contributed by atoms with Gasteiger partial charge < -0.3 is 10.6 Å². The molecule has 2 rings (SSSR count). The summed E-state index contributed by atoms with van der Waals surface area (Å²) in [6.45, 7) is 4.14. The van der Waals surface area contributed by atoms with Crippen molar-refractivity contribution in [1.29, 1.82) is 5.41 Å². The van der Waals surface area contributed by atoms with Crippen LogP contribution < -0.4 is 10.6 Å². The molecule has 110 valence electrons. The highest BCUT2D eigenvalue weighted by molar-refractivity contribution is 7.99. The predicted molar refractivity (Wildman–Crippen MR) is 85.9 cm³/mol. The van der Waals surface area contributed by atoms with Gasteiger partial charge in [0.1, 0.15) is 5.84 Å². The molecule has 0 saturated carbocycles. The minimum absolute atomic E-state index is 0.0963. The van der Waals surface area contributed by atoms with Crippen LogP contribution in [0.25, 0.3) is 0 Å². The Morgan fingerprint density at radius 2 is 2.15 bits per heavy atom. The lowest BCUT2D eigenvalue weighted by Crippen LogP contribution is -2.35. The number of amidine groups is 1. The van der Waals surface area contributed by atoms with E-state index in [9.17, 15) is 0 Å². The normalized spacial score (nSPS) is 18.2. The quantitative estimate of drug-likeness (QED) is 0.639.